The molecule has 0 amide bonds. The molecule has 4 rings (SSSR count). The van der Waals surface area contributed by atoms with Crippen LogP contribution in [0.4, 0.5) is 0 Å². The van der Waals surface area contributed by atoms with Crippen molar-refractivity contribution in [2.45, 2.75) is 43.9 Å². The zero-order valence-corrected chi connectivity index (χ0v) is 16.9. The maximum atomic E-state index is 11.9. The fourth-order valence-electron chi connectivity index (χ4n) is 3.57. The molecular weight excluding hydrogens is 396 g/mol. The summed E-state index contributed by atoms with van der Waals surface area (Å²) in [7, 11) is -3.75. The van der Waals surface area contributed by atoms with Gasteiger partial charge in [-0.3, -0.25) is 4.18 Å². The Kier molecular flexibility index (Phi) is 6.29. The number of hydrogen-bond donors (Lipinski definition) is 0. The fourth-order valence-corrected chi connectivity index (χ4v) is 4.17. The summed E-state index contributed by atoms with van der Waals surface area (Å²) in [5.41, 5.74) is 1.96. The Balaban J connectivity index is 1.54. The molecule has 2 bridgehead atoms. The smallest absolute Gasteiger partial charge is 0.264 e. The maximum absolute atomic E-state index is 11.9. The average molecular weight is 420 g/mol. The molecule has 2 aliphatic heterocycles. The molecule has 0 radical (unpaired) electrons. The SMILES string of the molecule is CS(=O)(=O)O[C@H]1[C@@H]2OC[C@@H](O2)[C@@H](OCc2ccccc2)[C@@H]1OCc1ccccc1. The molecule has 29 heavy (non-hydrogen) atoms. The van der Waals surface area contributed by atoms with Crippen molar-refractivity contribution in [1.82, 2.24) is 0 Å². The van der Waals surface area contributed by atoms with E-state index in [4.69, 9.17) is 23.1 Å². The Labute approximate surface area is 170 Å². The number of rotatable bonds is 8. The van der Waals surface area contributed by atoms with E-state index in [-0.39, 0.29) is 6.10 Å². The standard InChI is InChI=1S/C21H24O7S/c1-29(22,23)28-20-19(25-13-16-10-6-3-7-11-16)18(17-14-26-21(20)27-17)24-12-15-8-4-2-5-9-15/h2-11,17-21H,12-14H2,1H3/t17-,18-,19+,20-,21-/m1/s1. The summed E-state index contributed by atoms with van der Waals surface area (Å²) in [6.45, 7) is 0.922. The summed E-state index contributed by atoms with van der Waals surface area (Å²) in [5, 5.41) is 0. The number of ether oxygens (including phenoxy) is 4. The van der Waals surface area contributed by atoms with Crippen LogP contribution in [0.2, 0.25) is 0 Å². The molecule has 156 valence electrons. The van der Waals surface area contributed by atoms with Gasteiger partial charge in [0.2, 0.25) is 0 Å². The average Bonchev–Trinajstić information content (AvgIpc) is 3.15. The van der Waals surface area contributed by atoms with E-state index in [1.54, 1.807) is 0 Å². The highest BCUT2D eigenvalue weighted by molar-refractivity contribution is 7.86. The third-order valence-corrected chi connectivity index (χ3v) is 5.44. The summed E-state index contributed by atoms with van der Waals surface area (Å²) < 4.78 is 52.7. The zero-order valence-electron chi connectivity index (χ0n) is 16.0. The van der Waals surface area contributed by atoms with Crippen molar-refractivity contribution in [3.8, 4) is 0 Å². The van der Waals surface area contributed by atoms with E-state index in [1.165, 1.54) is 0 Å². The quantitative estimate of drug-likeness (QED) is 0.606. The van der Waals surface area contributed by atoms with Gasteiger partial charge in [-0.2, -0.15) is 8.42 Å². The Morgan fingerprint density at radius 3 is 1.97 bits per heavy atom. The van der Waals surface area contributed by atoms with Crippen molar-refractivity contribution in [3.05, 3.63) is 71.8 Å². The second kappa shape index (κ2) is 8.91. The molecule has 5 atom stereocenters. The third kappa shape index (κ3) is 5.22. The largest absolute Gasteiger partial charge is 0.368 e. The van der Waals surface area contributed by atoms with E-state index in [9.17, 15) is 8.42 Å². The zero-order chi connectivity index (χ0) is 20.3. The molecule has 2 aliphatic rings. The van der Waals surface area contributed by atoms with Gasteiger partial charge >= 0.3 is 0 Å². The first kappa shape index (κ1) is 20.5. The maximum Gasteiger partial charge on any atom is 0.264 e. The molecule has 0 aliphatic carbocycles. The molecule has 2 fully saturated rings. The van der Waals surface area contributed by atoms with Gasteiger partial charge in [0.15, 0.2) is 12.4 Å². The van der Waals surface area contributed by atoms with Gasteiger partial charge in [0, 0.05) is 0 Å². The van der Waals surface area contributed by atoms with Gasteiger partial charge in [-0.1, -0.05) is 60.7 Å². The highest BCUT2D eigenvalue weighted by Gasteiger charge is 2.54. The molecule has 0 unspecified atom stereocenters. The van der Waals surface area contributed by atoms with Crippen molar-refractivity contribution in [2.75, 3.05) is 12.9 Å². The van der Waals surface area contributed by atoms with Gasteiger partial charge < -0.3 is 18.9 Å². The Hall–Kier alpha value is -1.81. The lowest BCUT2D eigenvalue weighted by Crippen LogP contribution is -2.57. The molecule has 0 aromatic heterocycles. The van der Waals surface area contributed by atoms with Gasteiger partial charge in [-0.15, -0.1) is 0 Å². The van der Waals surface area contributed by atoms with Crippen LogP contribution in [-0.2, 0) is 46.5 Å². The monoisotopic (exact) mass is 420 g/mol. The van der Waals surface area contributed by atoms with Gasteiger partial charge in [0.25, 0.3) is 10.1 Å². The van der Waals surface area contributed by atoms with Crippen LogP contribution < -0.4 is 0 Å². The Morgan fingerprint density at radius 2 is 1.41 bits per heavy atom. The highest BCUT2D eigenvalue weighted by Crippen LogP contribution is 2.35. The van der Waals surface area contributed by atoms with Gasteiger partial charge in [-0.25, -0.2) is 0 Å². The van der Waals surface area contributed by atoms with Crippen molar-refractivity contribution >= 4 is 10.1 Å². The molecule has 0 N–H and O–H groups in total. The molecule has 2 saturated heterocycles. The molecule has 8 heteroatoms. The van der Waals surface area contributed by atoms with E-state index >= 15 is 0 Å². The highest BCUT2D eigenvalue weighted by atomic mass is 32.2. The molecule has 2 aromatic rings. The van der Waals surface area contributed by atoms with Crippen molar-refractivity contribution in [1.29, 1.82) is 0 Å². The number of hydrogen-bond acceptors (Lipinski definition) is 7. The Bertz CT molecular complexity index is 888. The van der Waals surface area contributed by atoms with Crippen LogP contribution in [0.15, 0.2) is 60.7 Å². The minimum Gasteiger partial charge on any atom is -0.368 e. The molecule has 0 saturated carbocycles. The molecule has 2 aromatic carbocycles. The van der Waals surface area contributed by atoms with E-state index in [2.05, 4.69) is 0 Å². The lowest BCUT2D eigenvalue weighted by atomic mass is 10.0. The topological polar surface area (TPSA) is 80.3 Å². The fraction of sp³-hybridized carbons (Fsp3) is 0.429. The van der Waals surface area contributed by atoms with E-state index < -0.39 is 34.7 Å². The predicted octanol–water partition coefficient (Wildman–Crippen LogP) is 2.26. The second-order valence-corrected chi connectivity index (χ2v) is 8.76. The van der Waals surface area contributed by atoms with Crippen molar-refractivity contribution in [2.24, 2.45) is 0 Å². The van der Waals surface area contributed by atoms with Crippen molar-refractivity contribution < 1.29 is 31.5 Å². The van der Waals surface area contributed by atoms with Crippen LogP contribution >= 0.6 is 0 Å². The summed E-state index contributed by atoms with van der Waals surface area (Å²) in [4.78, 5) is 0. The van der Waals surface area contributed by atoms with Crippen LogP contribution in [0, 0.1) is 0 Å². The van der Waals surface area contributed by atoms with Crippen LogP contribution in [0.1, 0.15) is 11.1 Å². The lowest BCUT2D eigenvalue weighted by Gasteiger charge is -2.39. The summed E-state index contributed by atoms with van der Waals surface area (Å²) in [6, 6.07) is 19.4. The van der Waals surface area contributed by atoms with Gasteiger partial charge in [-0.05, 0) is 11.1 Å². The second-order valence-electron chi connectivity index (χ2n) is 7.16. The van der Waals surface area contributed by atoms with Crippen LogP contribution in [0.3, 0.4) is 0 Å². The van der Waals surface area contributed by atoms with Crippen molar-refractivity contribution in [3.63, 3.8) is 0 Å². The first-order chi connectivity index (χ1) is 14.0. The normalized spacial score (nSPS) is 29.1. The number of benzene rings is 2. The minimum absolute atomic E-state index is 0.291. The molecule has 0 spiro atoms. The lowest BCUT2D eigenvalue weighted by molar-refractivity contribution is -0.246. The molecular formula is C21H24O7S. The summed E-state index contributed by atoms with van der Waals surface area (Å²) in [6.07, 6.45) is -2.32. The van der Waals surface area contributed by atoms with E-state index in [1.807, 2.05) is 60.7 Å². The van der Waals surface area contributed by atoms with Crippen LogP contribution in [-0.4, -0.2) is 52.0 Å². The molecule has 2 heterocycles. The van der Waals surface area contributed by atoms with Gasteiger partial charge in [0.05, 0.1) is 26.1 Å². The Morgan fingerprint density at radius 1 is 0.862 bits per heavy atom. The minimum atomic E-state index is -3.75. The molecule has 7 nitrogen and oxygen atoms in total. The van der Waals surface area contributed by atoms with Crippen LogP contribution in [0.5, 0.6) is 0 Å². The van der Waals surface area contributed by atoms with Crippen LogP contribution in [0.25, 0.3) is 0 Å². The first-order valence-electron chi connectivity index (χ1n) is 9.46. The third-order valence-electron chi connectivity index (χ3n) is 4.87. The predicted molar refractivity (Wildman–Crippen MR) is 104 cm³/mol. The first-order valence-corrected chi connectivity index (χ1v) is 11.3. The summed E-state index contributed by atoms with van der Waals surface area (Å²) >= 11 is 0. The van der Waals surface area contributed by atoms with E-state index in [0.717, 1.165) is 17.4 Å². The number of fused-ring (bicyclic) bond motifs is 2. The van der Waals surface area contributed by atoms with E-state index in [0.29, 0.717) is 19.8 Å². The summed E-state index contributed by atoms with van der Waals surface area (Å²) in [5.74, 6) is 0. The van der Waals surface area contributed by atoms with Gasteiger partial charge in [0.1, 0.15) is 18.3 Å².